The highest BCUT2D eigenvalue weighted by molar-refractivity contribution is 5.44. The van der Waals surface area contributed by atoms with Crippen molar-refractivity contribution in [2.24, 2.45) is 0 Å². The van der Waals surface area contributed by atoms with Gasteiger partial charge in [-0.2, -0.15) is 0 Å². The van der Waals surface area contributed by atoms with E-state index in [0.717, 1.165) is 36.3 Å². The topological polar surface area (TPSA) is 21.3 Å². The van der Waals surface area contributed by atoms with Gasteiger partial charge in [-0.3, -0.25) is 0 Å². The lowest BCUT2D eigenvalue weighted by Crippen LogP contribution is -2.06. The van der Waals surface area contributed by atoms with Crippen LogP contribution in [0.1, 0.15) is 18.4 Å². The van der Waals surface area contributed by atoms with Crippen LogP contribution in [0, 0.1) is 18.6 Å². The van der Waals surface area contributed by atoms with Crippen molar-refractivity contribution in [2.75, 3.05) is 18.5 Å². The largest absolute Gasteiger partial charge is 0.494 e. The van der Waals surface area contributed by atoms with Crippen LogP contribution in [0.3, 0.4) is 0 Å². The zero-order chi connectivity index (χ0) is 15.1. The first-order chi connectivity index (χ1) is 10.1. The molecule has 0 saturated carbocycles. The molecule has 0 unspecified atom stereocenters. The number of benzene rings is 2. The Bertz CT molecular complexity index is 587. The molecule has 0 aromatic heterocycles. The van der Waals surface area contributed by atoms with Crippen LogP contribution in [0.2, 0.25) is 0 Å². The Morgan fingerprint density at radius 3 is 2.71 bits per heavy atom. The van der Waals surface area contributed by atoms with Gasteiger partial charge in [-0.05, 0) is 55.7 Å². The molecule has 4 heteroatoms. The average Bonchev–Trinajstić information content (AvgIpc) is 2.46. The van der Waals surface area contributed by atoms with Crippen molar-refractivity contribution in [3.8, 4) is 5.75 Å². The third kappa shape index (κ3) is 5.06. The van der Waals surface area contributed by atoms with Crippen molar-refractivity contribution in [3.63, 3.8) is 0 Å². The molecule has 0 radical (unpaired) electrons. The van der Waals surface area contributed by atoms with Gasteiger partial charge in [0.25, 0.3) is 0 Å². The van der Waals surface area contributed by atoms with Gasteiger partial charge in [-0.1, -0.05) is 12.1 Å². The number of ether oxygens (including phenoxy) is 1. The zero-order valence-electron chi connectivity index (χ0n) is 12.0. The minimum Gasteiger partial charge on any atom is -0.494 e. The van der Waals surface area contributed by atoms with Crippen LogP contribution in [0.15, 0.2) is 42.5 Å². The number of hydrogen-bond donors (Lipinski definition) is 1. The van der Waals surface area contributed by atoms with E-state index in [1.807, 2.05) is 31.2 Å². The van der Waals surface area contributed by atoms with Crippen molar-refractivity contribution in [3.05, 3.63) is 59.7 Å². The van der Waals surface area contributed by atoms with Crippen molar-refractivity contribution < 1.29 is 13.5 Å². The van der Waals surface area contributed by atoms with Crippen molar-refractivity contribution in [1.82, 2.24) is 0 Å². The number of hydrogen-bond acceptors (Lipinski definition) is 2. The van der Waals surface area contributed by atoms with Gasteiger partial charge < -0.3 is 10.1 Å². The van der Waals surface area contributed by atoms with Crippen molar-refractivity contribution >= 4 is 5.69 Å². The molecular formula is C17H19F2NO. The van der Waals surface area contributed by atoms with E-state index in [-0.39, 0.29) is 5.69 Å². The first kappa shape index (κ1) is 15.3. The summed E-state index contributed by atoms with van der Waals surface area (Å²) < 4.78 is 31.9. The quantitative estimate of drug-likeness (QED) is 0.756. The van der Waals surface area contributed by atoms with E-state index < -0.39 is 11.6 Å². The van der Waals surface area contributed by atoms with Crippen LogP contribution in [-0.4, -0.2) is 13.2 Å². The smallest absolute Gasteiger partial charge is 0.146 e. The third-order valence-electron chi connectivity index (χ3n) is 3.07. The van der Waals surface area contributed by atoms with Crippen LogP contribution in [-0.2, 0) is 0 Å². The SMILES string of the molecule is Cc1cccc(OCCCCNc2cc(F)ccc2F)c1. The fourth-order valence-corrected chi connectivity index (χ4v) is 1.98. The predicted octanol–water partition coefficient (Wildman–Crippen LogP) is 4.54. The van der Waals surface area contributed by atoms with Crippen LogP contribution in [0.4, 0.5) is 14.5 Å². The normalized spacial score (nSPS) is 10.4. The van der Waals surface area contributed by atoms with Gasteiger partial charge in [0.2, 0.25) is 0 Å². The first-order valence-electron chi connectivity index (χ1n) is 7.03. The molecular weight excluding hydrogens is 272 g/mol. The first-order valence-corrected chi connectivity index (χ1v) is 7.03. The maximum absolute atomic E-state index is 13.4. The van der Waals surface area contributed by atoms with E-state index in [1.54, 1.807) is 0 Å². The molecule has 0 amide bonds. The Morgan fingerprint density at radius 2 is 1.90 bits per heavy atom. The lowest BCUT2D eigenvalue weighted by molar-refractivity contribution is 0.308. The lowest BCUT2D eigenvalue weighted by atomic mass is 10.2. The molecule has 0 bridgehead atoms. The zero-order valence-corrected chi connectivity index (χ0v) is 12.0. The summed E-state index contributed by atoms with van der Waals surface area (Å²) in [5.74, 6) is -0.0202. The fraction of sp³-hybridized carbons (Fsp3) is 0.294. The summed E-state index contributed by atoms with van der Waals surface area (Å²) in [5.41, 5.74) is 1.37. The van der Waals surface area contributed by atoms with Gasteiger partial charge >= 0.3 is 0 Å². The van der Waals surface area contributed by atoms with Gasteiger partial charge in [-0.25, -0.2) is 8.78 Å². The molecule has 0 aliphatic carbocycles. The number of aryl methyl sites for hydroxylation is 1. The molecule has 0 aliphatic rings. The highest BCUT2D eigenvalue weighted by Crippen LogP contribution is 2.15. The summed E-state index contributed by atoms with van der Waals surface area (Å²) in [5, 5.41) is 2.89. The van der Waals surface area contributed by atoms with Crippen LogP contribution in [0.25, 0.3) is 0 Å². The molecule has 0 aliphatic heterocycles. The Kier molecular flexibility index (Phi) is 5.55. The second-order valence-electron chi connectivity index (χ2n) is 4.92. The highest BCUT2D eigenvalue weighted by Gasteiger charge is 2.02. The van der Waals surface area contributed by atoms with E-state index in [4.69, 9.17) is 4.74 Å². The fourth-order valence-electron chi connectivity index (χ4n) is 1.98. The molecule has 2 nitrogen and oxygen atoms in total. The summed E-state index contributed by atoms with van der Waals surface area (Å²) >= 11 is 0. The van der Waals surface area contributed by atoms with Crippen LogP contribution >= 0.6 is 0 Å². The Balaban J connectivity index is 1.65. The predicted molar refractivity (Wildman–Crippen MR) is 80.8 cm³/mol. The van der Waals surface area contributed by atoms with E-state index in [0.29, 0.717) is 13.2 Å². The van der Waals surface area contributed by atoms with Gasteiger partial charge in [-0.15, -0.1) is 0 Å². The summed E-state index contributed by atoms with van der Waals surface area (Å²) in [7, 11) is 0. The van der Waals surface area contributed by atoms with Crippen molar-refractivity contribution in [1.29, 1.82) is 0 Å². The molecule has 2 aromatic carbocycles. The molecule has 0 fully saturated rings. The second kappa shape index (κ2) is 7.62. The molecule has 112 valence electrons. The number of unbranched alkanes of at least 4 members (excludes halogenated alkanes) is 1. The van der Waals surface area contributed by atoms with Crippen LogP contribution < -0.4 is 10.1 Å². The van der Waals surface area contributed by atoms with Gasteiger partial charge in [0.15, 0.2) is 0 Å². The third-order valence-corrected chi connectivity index (χ3v) is 3.07. The monoisotopic (exact) mass is 291 g/mol. The Hall–Kier alpha value is -2.10. The minimum absolute atomic E-state index is 0.203. The molecule has 1 N–H and O–H groups in total. The molecule has 0 heterocycles. The molecule has 2 aromatic rings. The summed E-state index contributed by atoms with van der Waals surface area (Å²) in [6.07, 6.45) is 1.67. The standard InChI is InChI=1S/C17H19F2NO/c1-13-5-4-6-15(11-13)21-10-3-2-9-20-17-12-14(18)7-8-16(17)19/h4-8,11-12,20H,2-3,9-10H2,1H3. The van der Waals surface area contributed by atoms with Crippen molar-refractivity contribution in [2.45, 2.75) is 19.8 Å². The summed E-state index contributed by atoms with van der Waals surface area (Å²) in [6, 6.07) is 11.3. The summed E-state index contributed by atoms with van der Waals surface area (Å²) in [6.45, 7) is 3.21. The Labute approximate surface area is 123 Å². The molecule has 0 saturated heterocycles. The molecule has 21 heavy (non-hydrogen) atoms. The number of nitrogens with one attached hydrogen (secondary N) is 1. The summed E-state index contributed by atoms with van der Waals surface area (Å²) in [4.78, 5) is 0. The molecule has 0 atom stereocenters. The molecule has 0 spiro atoms. The lowest BCUT2D eigenvalue weighted by Gasteiger charge is -2.09. The number of halogens is 2. The average molecular weight is 291 g/mol. The van der Waals surface area contributed by atoms with E-state index >= 15 is 0 Å². The van der Waals surface area contributed by atoms with Crippen LogP contribution in [0.5, 0.6) is 5.75 Å². The molecule has 2 rings (SSSR count). The van der Waals surface area contributed by atoms with E-state index in [1.165, 1.54) is 6.07 Å². The second-order valence-corrected chi connectivity index (χ2v) is 4.92. The number of anilines is 1. The maximum atomic E-state index is 13.4. The van der Waals surface area contributed by atoms with Gasteiger partial charge in [0, 0.05) is 6.54 Å². The number of rotatable bonds is 7. The minimum atomic E-state index is -0.443. The van der Waals surface area contributed by atoms with E-state index in [9.17, 15) is 8.78 Å². The van der Waals surface area contributed by atoms with Gasteiger partial charge in [0.1, 0.15) is 17.4 Å². The highest BCUT2D eigenvalue weighted by atomic mass is 19.1. The maximum Gasteiger partial charge on any atom is 0.146 e. The van der Waals surface area contributed by atoms with Gasteiger partial charge in [0.05, 0.1) is 12.3 Å². The Morgan fingerprint density at radius 1 is 1.05 bits per heavy atom. The van der Waals surface area contributed by atoms with E-state index in [2.05, 4.69) is 5.32 Å².